The molecule has 3 aromatic rings. The molecule has 0 amide bonds. The van der Waals surface area contributed by atoms with Crippen LogP contribution in [0, 0.1) is 12.3 Å². The van der Waals surface area contributed by atoms with Crippen molar-refractivity contribution in [2.75, 3.05) is 4.90 Å². The summed E-state index contributed by atoms with van der Waals surface area (Å²) in [6, 6.07) is 13.4. The monoisotopic (exact) mass is 359 g/mol. The molecular formula is C24H29N3. The maximum atomic E-state index is 5.18. The van der Waals surface area contributed by atoms with Gasteiger partial charge in [-0.3, -0.25) is 0 Å². The van der Waals surface area contributed by atoms with E-state index in [9.17, 15) is 0 Å². The van der Waals surface area contributed by atoms with Gasteiger partial charge in [-0.05, 0) is 49.4 Å². The average molecular weight is 360 g/mol. The molecule has 2 aromatic heterocycles. The van der Waals surface area contributed by atoms with E-state index in [0.29, 0.717) is 0 Å². The molecule has 1 aromatic carbocycles. The molecule has 1 unspecified atom stereocenters. The zero-order valence-electron chi connectivity index (χ0n) is 17.5. The first kappa shape index (κ1) is 16.9. The van der Waals surface area contributed by atoms with Crippen LogP contribution in [0.25, 0.3) is 5.65 Å². The molecule has 0 N–H and O–H groups in total. The summed E-state index contributed by atoms with van der Waals surface area (Å²) in [5.41, 5.74) is 7.70. The summed E-state index contributed by atoms with van der Waals surface area (Å²) >= 11 is 0. The van der Waals surface area contributed by atoms with Crippen LogP contribution >= 0.6 is 0 Å². The zero-order valence-corrected chi connectivity index (χ0v) is 17.5. The van der Waals surface area contributed by atoms with Crippen LogP contribution in [0.15, 0.2) is 42.6 Å². The van der Waals surface area contributed by atoms with Gasteiger partial charge in [-0.25, -0.2) is 4.98 Å². The highest BCUT2D eigenvalue weighted by Gasteiger charge is 2.65. The van der Waals surface area contributed by atoms with Crippen molar-refractivity contribution in [3.05, 3.63) is 65.1 Å². The molecule has 0 saturated carbocycles. The first-order valence-corrected chi connectivity index (χ1v) is 10.0. The second-order valence-electron chi connectivity index (χ2n) is 9.61. The van der Waals surface area contributed by atoms with Crippen LogP contribution in [-0.4, -0.2) is 9.38 Å². The van der Waals surface area contributed by atoms with E-state index in [2.05, 4.69) is 100 Å². The van der Waals surface area contributed by atoms with Crippen LogP contribution in [0.5, 0.6) is 0 Å². The molecule has 3 heteroatoms. The number of aryl methyl sites for hydroxylation is 1. The van der Waals surface area contributed by atoms with Crippen LogP contribution in [0.4, 0.5) is 5.69 Å². The molecule has 140 valence electrons. The molecule has 0 fully saturated rings. The van der Waals surface area contributed by atoms with E-state index in [0.717, 1.165) is 5.65 Å². The third-order valence-electron chi connectivity index (χ3n) is 8.22. The van der Waals surface area contributed by atoms with Gasteiger partial charge >= 0.3 is 0 Å². The number of rotatable bonds is 0. The van der Waals surface area contributed by atoms with Crippen molar-refractivity contribution in [1.82, 2.24) is 9.38 Å². The Hall–Kier alpha value is -2.29. The number of imidazole rings is 1. The van der Waals surface area contributed by atoms with Gasteiger partial charge in [-0.15, -0.1) is 0 Å². The Labute approximate surface area is 162 Å². The van der Waals surface area contributed by atoms with Gasteiger partial charge in [0.05, 0.1) is 23.0 Å². The molecule has 4 heterocycles. The molecule has 27 heavy (non-hydrogen) atoms. The average Bonchev–Trinajstić information content (AvgIpc) is 3.10. The minimum Gasteiger partial charge on any atom is -0.351 e. The number of aromatic nitrogens is 2. The Balaban J connectivity index is 1.94. The summed E-state index contributed by atoms with van der Waals surface area (Å²) in [7, 11) is 0. The zero-order chi connectivity index (χ0) is 19.4. The summed E-state index contributed by atoms with van der Waals surface area (Å²) in [6.07, 6.45) is 2.16. The highest BCUT2D eigenvalue weighted by molar-refractivity contribution is 5.72. The normalized spacial score (nSPS) is 27.4. The smallest absolute Gasteiger partial charge is 0.137 e. The third kappa shape index (κ3) is 1.63. The van der Waals surface area contributed by atoms with Crippen molar-refractivity contribution in [2.24, 2.45) is 5.41 Å². The lowest BCUT2D eigenvalue weighted by Crippen LogP contribution is -2.62. The Morgan fingerprint density at radius 1 is 0.963 bits per heavy atom. The number of hydrogen-bond acceptors (Lipinski definition) is 2. The minimum atomic E-state index is -0.170. The largest absolute Gasteiger partial charge is 0.351 e. The fraction of sp³-hybridized carbons (Fsp3) is 0.458. The van der Waals surface area contributed by atoms with Crippen LogP contribution in [-0.2, 0) is 11.0 Å². The van der Waals surface area contributed by atoms with Gasteiger partial charge in [0.2, 0.25) is 0 Å². The number of hydrogen-bond donors (Lipinski definition) is 0. The number of fused-ring (bicyclic) bond motifs is 7. The fourth-order valence-corrected chi connectivity index (χ4v) is 5.84. The molecule has 2 aliphatic rings. The summed E-state index contributed by atoms with van der Waals surface area (Å²) < 4.78 is 2.30. The van der Waals surface area contributed by atoms with E-state index in [1.165, 1.54) is 28.2 Å². The van der Waals surface area contributed by atoms with E-state index in [4.69, 9.17) is 4.98 Å². The van der Waals surface area contributed by atoms with Crippen LogP contribution < -0.4 is 4.90 Å². The predicted molar refractivity (Wildman–Crippen MR) is 111 cm³/mol. The summed E-state index contributed by atoms with van der Waals surface area (Å²) in [5, 5.41) is 0. The topological polar surface area (TPSA) is 20.5 Å². The Morgan fingerprint density at radius 3 is 2.44 bits per heavy atom. The van der Waals surface area contributed by atoms with Crippen molar-refractivity contribution < 1.29 is 0 Å². The second-order valence-corrected chi connectivity index (χ2v) is 9.61. The quantitative estimate of drug-likeness (QED) is 0.509. The van der Waals surface area contributed by atoms with Crippen molar-refractivity contribution >= 4 is 11.3 Å². The van der Waals surface area contributed by atoms with Gasteiger partial charge in [0.15, 0.2) is 0 Å². The molecular weight excluding hydrogens is 330 g/mol. The van der Waals surface area contributed by atoms with E-state index in [1.807, 2.05) is 0 Å². The molecule has 0 bridgehead atoms. The molecule has 3 nitrogen and oxygen atoms in total. The maximum Gasteiger partial charge on any atom is 0.137 e. The number of para-hydroxylation sites is 1. The minimum absolute atomic E-state index is 0.00175. The van der Waals surface area contributed by atoms with Crippen molar-refractivity contribution in [2.45, 2.75) is 65.5 Å². The number of anilines is 1. The summed E-state index contributed by atoms with van der Waals surface area (Å²) in [6.45, 7) is 16.7. The molecule has 0 radical (unpaired) electrons. The highest BCUT2D eigenvalue weighted by atomic mass is 15.3. The summed E-state index contributed by atoms with van der Waals surface area (Å²) in [5.74, 6) is 0. The molecule has 2 atom stereocenters. The summed E-state index contributed by atoms with van der Waals surface area (Å²) in [4.78, 5) is 7.85. The number of benzene rings is 1. The lowest BCUT2D eigenvalue weighted by atomic mass is 9.52. The van der Waals surface area contributed by atoms with Crippen molar-refractivity contribution in [3.63, 3.8) is 0 Å². The van der Waals surface area contributed by atoms with Gasteiger partial charge in [0.25, 0.3) is 0 Å². The van der Waals surface area contributed by atoms with Gasteiger partial charge in [-0.1, -0.05) is 52.0 Å². The van der Waals surface area contributed by atoms with Crippen LogP contribution in [0.3, 0.4) is 0 Å². The SMILES string of the molecule is Cc1cccc2c1N1[C@@H](C)c3c(nc4ccccn34)C1(C)C(C)(C)C2(C)C. The van der Waals surface area contributed by atoms with Gasteiger partial charge < -0.3 is 9.30 Å². The van der Waals surface area contributed by atoms with E-state index >= 15 is 0 Å². The molecule has 2 aliphatic heterocycles. The van der Waals surface area contributed by atoms with E-state index in [-0.39, 0.29) is 22.4 Å². The number of pyridine rings is 1. The standard InChI is InChI=1S/C24H29N3/c1-15-11-10-12-17-19(15)27-16(2)20-21(25-18-13-8-9-14-26(18)20)24(27,7)23(5,6)22(17,3)4/h8-14,16H,1-7H3/t16-,24?/m0/s1. The molecule has 0 aliphatic carbocycles. The van der Waals surface area contributed by atoms with E-state index < -0.39 is 0 Å². The predicted octanol–water partition coefficient (Wildman–Crippen LogP) is 5.76. The van der Waals surface area contributed by atoms with Gasteiger partial charge in [0.1, 0.15) is 5.65 Å². The Morgan fingerprint density at radius 2 is 1.70 bits per heavy atom. The lowest BCUT2D eigenvalue weighted by Gasteiger charge is -2.61. The second kappa shape index (κ2) is 4.76. The van der Waals surface area contributed by atoms with Crippen LogP contribution in [0.1, 0.15) is 70.1 Å². The fourth-order valence-electron chi connectivity index (χ4n) is 5.84. The van der Waals surface area contributed by atoms with Crippen molar-refractivity contribution in [1.29, 1.82) is 0 Å². The Bertz CT molecular complexity index is 1090. The highest BCUT2D eigenvalue weighted by Crippen LogP contribution is 2.67. The number of nitrogens with zero attached hydrogens (tertiary/aromatic N) is 3. The maximum absolute atomic E-state index is 5.18. The van der Waals surface area contributed by atoms with E-state index in [1.54, 1.807) is 0 Å². The third-order valence-corrected chi connectivity index (χ3v) is 8.22. The van der Waals surface area contributed by atoms with Crippen molar-refractivity contribution in [3.8, 4) is 0 Å². The Kier molecular flexibility index (Phi) is 2.97. The lowest BCUT2D eigenvalue weighted by molar-refractivity contribution is 0.0628. The van der Waals surface area contributed by atoms with Gasteiger partial charge in [0, 0.05) is 17.3 Å². The first-order valence-electron chi connectivity index (χ1n) is 10.0. The molecule has 0 saturated heterocycles. The molecule has 5 rings (SSSR count). The first-order chi connectivity index (χ1) is 12.6. The van der Waals surface area contributed by atoms with Crippen LogP contribution in [0.2, 0.25) is 0 Å². The van der Waals surface area contributed by atoms with Gasteiger partial charge in [-0.2, -0.15) is 0 Å². The molecule has 0 spiro atoms.